The van der Waals surface area contributed by atoms with E-state index in [2.05, 4.69) is 34.0 Å². The van der Waals surface area contributed by atoms with Crippen LogP contribution in [0.3, 0.4) is 0 Å². The molecule has 0 atom stereocenters. The van der Waals surface area contributed by atoms with Gasteiger partial charge in [0, 0.05) is 33.3 Å². The third kappa shape index (κ3) is 3.06. The van der Waals surface area contributed by atoms with E-state index in [9.17, 15) is 0 Å². The molecule has 1 aromatic heterocycles. The minimum Gasteiger partial charge on any atom is -0.378 e. The van der Waals surface area contributed by atoms with Gasteiger partial charge in [-0.3, -0.25) is 0 Å². The monoisotopic (exact) mass is 224 g/mol. The molecule has 1 aromatic rings. The van der Waals surface area contributed by atoms with Crippen molar-refractivity contribution in [3.8, 4) is 0 Å². The van der Waals surface area contributed by atoms with Crippen LogP contribution >= 0.6 is 0 Å². The maximum Gasteiger partial charge on any atom is 0.227 e. The molecule has 0 aliphatic heterocycles. The number of nitrogens with zero attached hydrogens (tertiary/aromatic N) is 3. The molecule has 0 aromatic carbocycles. The summed E-state index contributed by atoms with van der Waals surface area (Å²) in [5.74, 6) is 1.58. The number of rotatable bonds is 6. The molecule has 16 heavy (non-hydrogen) atoms. The Balaban J connectivity index is 3.02. The molecular weight excluding hydrogens is 204 g/mol. The number of nitrogens with one attached hydrogen (secondary N) is 1. The van der Waals surface area contributed by atoms with Crippen LogP contribution < -0.4 is 10.2 Å². The van der Waals surface area contributed by atoms with Crippen molar-refractivity contribution in [3.63, 3.8) is 0 Å². The predicted octanol–water partition coefficient (Wildman–Crippen LogP) is 1.51. The van der Waals surface area contributed by atoms with Crippen molar-refractivity contribution in [2.24, 2.45) is 0 Å². The fraction of sp³-hybridized carbons (Fsp3) is 0.636. The van der Waals surface area contributed by atoms with Crippen molar-refractivity contribution < 1.29 is 4.74 Å². The number of hydrogen-bond donors (Lipinski definition) is 1. The molecule has 1 N–H and O–H groups in total. The zero-order valence-corrected chi connectivity index (χ0v) is 10.4. The topological polar surface area (TPSA) is 50.3 Å². The van der Waals surface area contributed by atoms with Crippen LogP contribution in [0, 0.1) is 0 Å². The molecule has 1 rings (SSSR count). The van der Waals surface area contributed by atoms with Crippen molar-refractivity contribution in [3.05, 3.63) is 11.8 Å². The zero-order chi connectivity index (χ0) is 12.0. The van der Waals surface area contributed by atoms with Gasteiger partial charge in [0.2, 0.25) is 5.95 Å². The van der Waals surface area contributed by atoms with Gasteiger partial charge in [0.15, 0.2) is 0 Å². The molecule has 0 saturated carbocycles. The van der Waals surface area contributed by atoms with E-state index in [0.717, 1.165) is 30.5 Å². The quantitative estimate of drug-likeness (QED) is 0.793. The van der Waals surface area contributed by atoms with Gasteiger partial charge >= 0.3 is 0 Å². The lowest BCUT2D eigenvalue weighted by atomic mass is 10.4. The van der Waals surface area contributed by atoms with Gasteiger partial charge in [0.05, 0.1) is 12.3 Å². The molecule has 1 heterocycles. The van der Waals surface area contributed by atoms with E-state index < -0.39 is 0 Å². The zero-order valence-electron chi connectivity index (χ0n) is 10.4. The second kappa shape index (κ2) is 6.27. The summed E-state index contributed by atoms with van der Waals surface area (Å²) in [7, 11) is 3.52. The van der Waals surface area contributed by atoms with Crippen LogP contribution in [0.5, 0.6) is 0 Å². The number of hydrogen-bond acceptors (Lipinski definition) is 5. The molecule has 0 radical (unpaired) electrons. The summed E-state index contributed by atoms with van der Waals surface area (Å²) in [6.07, 6.45) is 0. The highest BCUT2D eigenvalue weighted by Crippen LogP contribution is 2.13. The lowest BCUT2D eigenvalue weighted by Gasteiger charge is -2.19. The van der Waals surface area contributed by atoms with Crippen LogP contribution in [0.15, 0.2) is 6.07 Å². The fourth-order valence-electron chi connectivity index (χ4n) is 1.48. The van der Waals surface area contributed by atoms with Crippen molar-refractivity contribution in [1.29, 1.82) is 0 Å². The van der Waals surface area contributed by atoms with E-state index in [0.29, 0.717) is 6.61 Å². The summed E-state index contributed by atoms with van der Waals surface area (Å²) in [5, 5.41) is 3.04. The van der Waals surface area contributed by atoms with E-state index in [4.69, 9.17) is 4.74 Å². The Morgan fingerprint density at radius 1 is 1.31 bits per heavy atom. The molecule has 0 aliphatic carbocycles. The number of aromatic nitrogens is 2. The molecule has 0 bridgehead atoms. The first-order valence-corrected chi connectivity index (χ1v) is 5.54. The van der Waals surface area contributed by atoms with Gasteiger partial charge in [-0.1, -0.05) is 0 Å². The van der Waals surface area contributed by atoms with Crippen LogP contribution in [0.4, 0.5) is 11.8 Å². The maximum absolute atomic E-state index is 5.09. The number of anilines is 2. The van der Waals surface area contributed by atoms with Gasteiger partial charge in [0.1, 0.15) is 5.82 Å². The standard InChI is InChI=1S/C11H20N4O/c1-5-15(6-2)11-13-9(8-16-4)7-10(12-3)14-11/h7H,5-6,8H2,1-4H3,(H,12,13,14). The predicted molar refractivity (Wildman–Crippen MR) is 65.9 cm³/mol. The van der Waals surface area contributed by atoms with Gasteiger partial charge in [-0.2, -0.15) is 4.98 Å². The van der Waals surface area contributed by atoms with Gasteiger partial charge in [-0.15, -0.1) is 0 Å². The van der Waals surface area contributed by atoms with E-state index >= 15 is 0 Å². The molecule has 0 amide bonds. The lowest BCUT2D eigenvalue weighted by Crippen LogP contribution is -2.25. The summed E-state index contributed by atoms with van der Waals surface area (Å²) >= 11 is 0. The normalized spacial score (nSPS) is 10.2. The van der Waals surface area contributed by atoms with E-state index in [-0.39, 0.29) is 0 Å². The smallest absolute Gasteiger partial charge is 0.227 e. The first kappa shape index (κ1) is 12.7. The molecule has 90 valence electrons. The molecule has 0 fully saturated rings. The highest BCUT2D eigenvalue weighted by molar-refractivity contribution is 5.43. The minimum absolute atomic E-state index is 0.505. The maximum atomic E-state index is 5.09. The summed E-state index contributed by atoms with van der Waals surface area (Å²) in [4.78, 5) is 11.0. The van der Waals surface area contributed by atoms with E-state index in [1.54, 1.807) is 7.11 Å². The highest BCUT2D eigenvalue weighted by atomic mass is 16.5. The average Bonchev–Trinajstić information content (AvgIpc) is 2.31. The van der Waals surface area contributed by atoms with Crippen LogP contribution in [0.1, 0.15) is 19.5 Å². The number of methoxy groups -OCH3 is 1. The molecule has 0 spiro atoms. The van der Waals surface area contributed by atoms with Gasteiger partial charge < -0.3 is 15.0 Å². The van der Waals surface area contributed by atoms with Crippen molar-refractivity contribution >= 4 is 11.8 Å². The molecule has 0 unspecified atom stereocenters. The van der Waals surface area contributed by atoms with Crippen LogP contribution in [-0.4, -0.2) is 37.2 Å². The molecule has 0 saturated heterocycles. The van der Waals surface area contributed by atoms with Crippen LogP contribution in [0.25, 0.3) is 0 Å². The van der Waals surface area contributed by atoms with Gasteiger partial charge in [0.25, 0.3) is 0 Å². The van der Waals surface area contributed by atoms with Crippen LogP contribution in [0.2, 0.25) is 0 Å². The molecule has 5 nitrogen and oxygen atoms in total. The summed E-state index contributed by atoms with van der Waals surface area (Å²) in [5.41, 5.74) is 0.892. The Bertz CT molecular complexity index is 326. The Hall–Kier alpha value is -1.36. The second-order valence-electron chi connectivity index (χ2n) is 3.40. The molecular formula is C11H20N4O. The Morgan fingerprint density at radius 3 is 2.50 bits per heavy atom. The summed E-state index contributed by atoms with van der Waals surface area (Å²) in [6.45, 7) is 6.49. The Labute approximate surface area is 96.8 Å². The average molecular weight is 224 g/mol. The van der Waals surface area contributed by atoms with Crippen molar-refractivity contribution in [1.82, 2.24) is 9.97 Å². The Morgan fingerprint density at radius 2 is 2.00 bits per heavy atom. The number of ether oxygens (including phenoxy) is 1. The minimum atomic E-state index is 0.505. The fourth-order valence-corrected chi connectivity index (χ4v) is 1.48. The summed E-state index contributed by atoms with van der Waals surface area (Å²) in [6, 6.07) is 1.90. The lowest BCUT2D eigenvalue weighted by molar-refractivity contribution is 0.181. The molecule has 0 aliphatic rings. The van der Waals surface area contributed by atoms with Crippen molar-refractivity contribution in [2.75, 3.05) is 37.5 Å². The van der Waals surface area contributed by atoms with Gasteiger partial charge in [-0.25, -0.2) is 4.98 Å². The Kier molecular flexibility index (Phi) is 4.98. The van der Waals surface area contributed by atoms with E-state index in [1.807, 2.05) is 13.1 Å². The summed E-state index contributed by atoms with van der Waals surface area (Å²) < 4.78 is 5.09. The largest absolute Gasteiger partial charge is 0.378 e. The molecule has 5 heteroatoms. The van der Waals surface area contributed by atoms with E-state index in [1.165, 1.54) is 0 Å². The third-order valence-corrected chi connectivity index (χ3v) is 2.36. The first-order chi connectivity index (χ1) is 7.74. The van der Waals surface area contributed by atoms with Gasteiger partial charge in [-0.05, 0) is 13.8 Å². The van der Waals surface area contributed by atoms with Crippen molar-refractivity contribution in [2.45, 2.75) is 20.5 Å². The highest BCUT2D eigenvalue weighted by Gasteiger charge is 2.08. The SMILES string of the molecule is CCN(CC)c1nc(COC)cc(NC)n1. The third-order valence-electron chi connectivity index (χ3n) is 2.36. The first-order valence-electron chi connectivity index (χ1n) is 5.54. The second-order valence-corrected chi connectivity index (χ2v) is 3.40. The van der Waals surface area contributed by atoms with Crippen LogP contribution in [-0.2, 0) is 11.3 Å².